The fourth-order valence-corrected chi connectivity index (χ4v) is 2.78. The SMILES string of the molecule is CC(C)O.Cc1c(F)c(F)c(CO)c(F)c1F.Cc1c(F)c(F)c(CO)c(F)c1F.Cc1c(F)c(F)c(CO)c(F)c1F.[Zr]. The first-order valence-corrected chi connectivity index (χ1v) is 11.7. The monoisotopic (exact) mass is 732 g/mol. The molecule has 0 aliphatic carbocycles. The molecular formula is C27H26F12O4Zr. The Morgan fingerprint density at radius 3 is 0.591 bits per heavy atom. The minimum absolute atomic E-state index is 0. The Labute approximate surface area is 262 Å². The van der Waals surface area contributed by atoms with Gasteiger partial charge in [0.25, 0.3) is 0 Å². The fourth-order valence-electron chi connectivity index (χ4n) is 2.78. The third-order valence-electron chi connectivity index (χ3n) is 5.20. The number of aliphatic hydroxyl groups is 4. The summed E-state index contributed by atoms with van der Waals surface area (Å²) in [6, 6.07) is 0. The minimum atomic E-state index is -1.54. The van der Waals surface area contributed by atoms with Crippen molar-refractivity contribution in [1.29, 1.82) is 0 Å². The summed E-state index contributed by atoms with van der Waals surface area (Å²) in [7, 11) is 0. The second-order valence-corrected chi connectivity index (χ2v) is 8.65. The van der Waals surface area contributed by atoms with E-state index in [0.717, 1.165) is 20.8 Å². The number of hydrogen-bond acceptors (Lipinski definition) is 4. The van der Waals surface area contributed by atoms with Crippen LogP contribution in [-0.2, 0) is 46.0 Å². The van der Waals surface area contributed by atoms with E-state index in [-0.39, 0.29) is 32.3 Å². The van der Waals surface area contributed by atoms with Crippen LogP contribution >= 0.6 is 0 Å². The zero-order chi connectivity index (χ0) is 34.1. The maximum atomic E-state index is 12.8. The molecular weight excluding hydrogens is 707 g/mol. The van der Waals surface area contributed by atoms with Gasteiger partial charge >= 0.3 is 0 Å². The van der Waals surface area contributed by atoms with Crippen molar-refractivity contribution in [3.8, 4) is 0 Å². The number of rotatable bonds is 3. The second kappa shape index (κ2) is 19.1. The van der Waals surface area contributed by atoms with Crippen LogP contribution in [0.3, 0.4) is 0 Å². The van der Waals surface area contributed by atoms with Gasteiger partial charge in [-0.2, -0.15) is 0 Å². The molecule has 17 heteroatoms. The predicted molar refractivity (Wildman–Crippen MR) is 128 cm³/mol. The molecule has 0 spiro atoms. The topological polar surface area (TPSA) is 80.9 Å². The average Bonchev–Trinajstić information content (AvgIpc) is 2.96. The van der Waals surface area contributed by atoms with Gasteiger partial charge in [0.1, 0.15) is 0 Å². The molecule has 4 nitrogen and oxygen atoms in total. The summed E-state index contributed by atoms with van der Waals surface area (Å²) in [5.74, 6) is -18.1. The van der Waals surface area contributed by atoms with Crippen LogP contribution in [0.25, 0.3) is 0 Å². The summed E-state index contributed by atoms with van der Waals surface area (Å²) in [5.41, 5.74) is -5.14. The molecule has 0 aliphatic rings. The van der Waals surface area contributed by atoms with Crippen molar-refractivity contribution in [3.63, 3.8) is 0 Å². The standard InChI is InChI=1S/3C8H6F4O.C3H8O.Zr/c3*1-3-5(9)7(11)4(2-13)8(12)6(3)10;1-3(2)4;/h3*13H,2H2,1H3;3-4H,1-2H3;. The minimum Gasteiger partial charge on any atom is -0.394 e. The molecule has 0 heterocycles. The zero-order valence-electron chi connectivity index (χ0n) is 23.5. The maximum Gasteiger partial charge on any atom is 0.167 e. The van der Waals surface area contributed by atoms with Crippen molar-refractivity contribution >= 4 is 0 Å². The van der Waals surface area contributed by atoms with Crippen LogP contribution in [0, 0.1) is 90.6 Å². The van der Waals surface area contributed by atoms with E-state index >= 15 is 0 Å². The summed E-state index contributed by atoms with van der Waals surface area (Å²) in [6.45, 7) is 2.96. The van der Waals surface area contributed by atoms with E-state index in [1.807, 2.05) is 0 Å². The summed E-state index contributed by atoms with van der Waals surface area (Å²) in [5, 5.41) is 33.3. The van der Waals surface area contributed by atoms with E-state index in [2.05, 4.69) is 0 Å². The molecule has 0 atom stereocenters. The molecule has 246 valence electrons. The molecule has 3 aromatic rings. The van der Waals surface area contributed by atoms with Crippen molar-refractivity contribution in [3.05, 3.63) is 103 Å². The number of hydrogen-bond donors (Lipinski definition) is 4. The number of benzene rings is 3. The summed E-state index contributed by atoms with van der Waals surface area (Å²) in [4.78, 5) is 0. The van der Waals surface area contributed by atoms with Crippen LogP contribution in [-0.4, -0.2) is 26.5 Å². The van der Waals surface area contributed by atoms with Gasteiger partial charge in [-0.25, -0.2) is 52.7 Å². The van der Waals surface area contributed by atoms with Gasteiger partial charge in [0.15, 0.2) is 69.8 Å². The largest absolute Gasteiger partial charge is 0.394 e. The fraction of sp³-hybridized carbons (Fsp3) is 0.333. The normalized spacial score (nSPS) is 10.2. The molecule has 0 bridgehead atoms. The summed E-state index contributed by atoms with van der Waals surface area (Å²) >= 11 is 0. The van der Waals surface area contributed by atoms with Gasteiger partial charge in [-0.3, -0.25) is 0 Å². The molecule has 0 aromatic heterocycles. The Kier molecular flexibility index (Phi) is 19.0. The van der Waals surface area contributed by atoms with E-state index in [9.17, 15) is 52.7 Å². The van der Waals surface area contributed by atoms with Gasteiger partial charge in [0, 0.05) is 49.0 Å². The van der Waals surface area contributed by atoms with Crippen LogP contribution in [0.4, 0.5) is 52.7 Å². The van der Waals surface area contributed by atoms with Crippen molar-refractivity contribution < 1.29 is 99.3 Å². The van der Waals surface area contributed by atoms with Gasteiger partial charge in [0.05, 0.1) is 36.5 Å². The molecule has 4 N–H and O–H groups in total. The van der Waals surface area contributed by atoms with Gasteiger partial charge in [-0.15, -0.1) is 0 Å². The molecule has 3 aromatic carbocycles. The Bertz CT molecular complexity index is 1180. The molecule has 0 saturated carbocycles. The van der Waals surface area contributed by atoms with Crippen LogP contribution < -0.4 is 0 Å². The molecule has 0 unspecified atom stereocenters. The first kappa shape index (κ1) is 43.7. The molecule has 0 radical (unpaired) electrons. The van der Waals surface area contributed by atoms with Gasteiger partial charge in [0.2, 0.25) is 0 Å². The molecule has 3 rings (SSSR count). The van der Waals surface area contributed by atoms with Crippen LogP contribution in [0.5, 0.6) is 0 Å². The van der Waals surface area contributed by atoms with Crippen molar-refractivity contribution in [2.45, 2.75) is 60.5 Å². The van der Waals surface area contributed by atoms with E-state index < -0.39 is 123 Å². The second-order valence-electron chi connectivity index (χ2n) is 8.65. The zero-order valence-corrected chi connectivity index (χ0v) is 26.0. The summed E-state index contributed by atoms with van der Waals surface area (Å²) in [6.07, 6.45) is -0.167. The predicted octanol–water partition coefficient (Wildman–Crippen LogP) is 6.52. The van der Waals surface area contributed by atoms with Crippen LogP contribution in [0.2, 0.25) is 0 Å². The van der Waals surface area contributed by atoms with Gasteiger partial charge in [-0.05, 0) is 34.6 Å². The first-order valence-electron chi connectivity index (χ1n) is 11.7. The van der Waals surface area contributed by atoms with E-state index in [1.54, 1.807) is 13.8 Å². The van der Waals surface area contributed by atoms with Crippen molar-refractivity contribution in [2.24, 2.45) is 0 Å². The first-order chi connectivity index (χ1) is 19.7. The van der Waals surface area contributed by atoms with Crippen LogP contribution in [0.1, 0.15) is 47.2 Å². The van der Waals surface area contributed by atoms with E-state index in [1.165, 1.54) is 0 Å². The number of halogens is 12. The van der Waals surface area contributed by atoms with Gasteiger partial charge in [-0.1, -0.05) is 0 Å². The smallest absolute Gasteiger partial charge is 0.167 e. The molecule has 0 aliphatic heterocycles. The Hall–Kier alpha value is -2.46. The third-order valence-corrected chi connectivity index (χ3v) is 5.20. The van der Waals surface area contributed by atoms with Crippen molar-refractivity contribution in [2.75, 3.05) is 0 Å². The third kappa shape index (κ3) is 10.3. The number of aliphatic hydroxyl groups excluding tert-OH is 4. The van der Waals surface area contributed by atoms with Crippen LogP contribution in [0.15, 0.2) is 0 Å². The molecule has 0 fully saturated rings. The summed E-state index contributed by atoms with van der Waals surface area (Å²) < 4.78 is 153. The Balaban J connectivity index is 0. The van der Waals surface area contributed by atoms with Crippen molar-refractivity contribution in [1.82, 2.24) is 0 Å². The quantitative estimate of drug-likeness (QED) is 0.183. The molecule has 0 saturated heterocycles. The Morgan fingerprint density at radius 2 is 0.500 bits per heavy atom. The Morgan fingerprint density at radius 1 is 0.386 bits per heavy atom. The molecule has 0 amide bonds. The molecule has 44 heavy (non-hydrogen) atoms. The average molecular weight is 734 g/mol. The van der Waals surface area contributed by atoms with E-state index in [0.29, 0.717) is 0 Å². The maximum absolute atomic E-state index is 12.8. The van der Waals surface area contributed by atoms with Gasteiger partial charge < -0.3 is 20.4 Å². The van der Waals surface area contributed by atoms with E-state index in [4.69, 9.17) is 20.4 Å².